The number of nitrogens with zero attached hydrogens (tertiary/aromatic N) is 1. The van der Waals surface area contributed by atoms with Crippen LogP contribution in [0.25, 0.3) is 0 Å². The number of anilines is 1. The largest absolute Gasteiger partial charge is 0.322 e. The summed E-state index contributed by atoms with van der Waals surface area (Å²) in [5.74, 6) is -0.271. The minimum atomic E-state index is -0.271. The molecule has 0 aliphatic rings. The van der Waals surface area contributed by atoms with Gasteiger partial charge in [-0.25, -0.2) is 4.98 Å². The molecule has 92 valence electrons. The van der Waals surface area contributed by atoms with E-state index >= 15 is 0 Å². The van der Waals surface area contributed by atoms with Crippen LogP contribution < -0.4 is 5.32 Å². The number of aromatic nitrogens is 1. The quantitative estimate of drug-likeness (QED) is 0.847. The molecule has 0 unspecified atom stereocenters. The van der Waals surface area contributed by atoms with E-state index in [0.29, 0.717) is 5.56 Å². The SMILES string of the molecule is Cc1cccc(NC(=O)c2cc(Cl)nc(Cl)c2)c1. The molecule has 2 aromatic rings. The normalized spacial score (nSPS) is 10.2. The van der Waals surface area contributed by atoms with E-state index in [4.69, 9.17) is 23.2 Å². The number of rotatable bonds is 2. The fourth-order valence-corrected chi connectivity index (χ4v) is 1.98. The molecule has 2 rings (SSSR count). The molecule has 5 heteroatoms. The van der Waals surface area contributed by atoms with Crippen LogP contribution in [0.2, 0.25) is 10.3 Å². The second-order valence-corrected chi connectivity index (χ2v) is 4.60. The standard InChI is InChI=1S/C13H10Cl2N2O/c1-8-3-2-4-10(5-8)16-13(18)9-6-11(14)17-12(15)7-9/h2-7H,1H3,(H,16,18). The second-order valence-electron chi connectivity index (χ2n) is 3.82. The predicted octanol–water partition coefficient (Wildman–Crippen LogP) is 3.95. The molecule has 0 radical (unpaired) electrons. The molecule has 1 heterocycles. The van der Waals surface area contributed by atoms with Crippen molar-refractivity contribution in [2.24, 2.45) is 0 Å². The van der Waals surface area contributed by atoms with Gasteiger partial charge in [0.15, 0.2) is 0 Å². The third kappa shape index (κ3) is 3.22. The van der Waals surface area contributed by atoms with E-state index in [0.717, 1.165) is 11.3 Å². The summed E-state index contributed by atoms with van der Waals surface area (Å²) < 4.78 is 0. The summed E-state index contributed by atoms with van der Waals surface area (Å²) in [6.45, 7) is 1.95. The first-order chi connectivity index (χ1) is 8.54. The summed E-state index contributed by atoms with van der Waals surface area (Å²) in [5, 5.41) is 3.15. The highest BCUT2D eigenvalue weighted by Gasteiger charge is 2.09. The Morgan fingerprint density at radius 3 is 2.44 bits per heavy atom. The Labute approximate surface area is 115 Å². The minimum absolute atomic E-state index is 0.192. The van der Waals surface area contributed by atoms with Gasteiger partial charge in [-0.05, 0) is 36.8 Å². The Morgan fingerprint density at radius 2 is 1.83 bits per heavy atom. The number of hydrogen-bond acceptors (Lipinski definition) is 2. The number of benzene rings is 1. The fourth-order valence-electron chi connectivity index (χ4n) is 1.52. The van der Waals surface area contributed by atoms with Crippen LogP contribution in [0.15, 0.2) is 36.4 Å². The molecule has 18 heavy (non-hydrogen) atoms. The van der Waals surface area contributed by atoms with E-state index in [1.165, 1.54) is 12.1 Å². The third-order valence-electron chi connectivity index (χ3n) is 2.30. The fraction of sp³-hybridized carbons (Fsp3) is 0.0769. The maximum absolute atomic E-state index is 12.0. The topological polar surface area (TPSA) is 42.0 Å². The van der Waals surface area contributed by atoms with Gasteiger partial charge < -0.3 is 5.32 Å². The molecule has 0 bridgehead atoms. The first-order valence-electron chi connectivity index (χ1n) is 5.26. The van der Waals surface area contributed by atoms with E-state index in [9.17, 15) is 4.79 Å². The van der Waals surface area contributed by atoms with E-state index < -0.39 is 0 Å². The highest BCUT2D eigenvalue weighted by atomic mass is 35.5. The molecule has 3 nitrogen and oxygen atoms in total. The Hall–Kier alpha value is -1.58. The number of carbonyl (C=O) groups is 1. The molecule has 0 saturated heterocycles. The van der Waals surface area contributed by atoms with Crippen LogP contribution in [0.3, 0.4) is 0 Å². The van der Waals surface area contributed by atoms with Crippen LogP contribution in [0.5, 0.6) is 0 Å². The van der Waals surface area contributed by atoms with Crippen molar-refractivity contribution in [2.75, 3.05) is 5.32 Å². The van der Waals surface area contributed by atoms with E-state index in [1.807, 2.05) is 31.2 Å². The zero-order chi connectivity index (χ0) is 13.1. The number of hydrogen-bond donors (Lipinski definition) is 1. The van der Waals surface area contributed by atoms with Crippen LogP contribution in [0, 0.1) is 6.92 Å². The van der Waals surface area contributed by atoms with Crippen LogP contribution in [-0.4, -0.2) is 10.9 Å². The van der Waals surface area contributed by atoms with Gasteiger partial charge in [-0.1, -0.05) is 35.3 Å². The number of halogens is 2. The van der Waals surface area contributed by atoms with Crippen molar-refractivity contribution in [3.63, 3.8) is 0 Å². The van der Waals surface area contributed by atoms with Gasteiger partial charge in [-0.3, -0.25) is 4.79 Å². The van der Waals surface area contributed by atoms with Gasteiger partial charge in [-0.15, -0.1) is 0 Å². The van der Waals surface area contributed by atoms with Crippen LogP contribution in [0.1, 0.15) is 15.9 Å². The number of nitrogens with one attached hydrogen (secondary N) is 1. The molecular weight excluding hydrogens is 271 g/mol. The van der Waals surface area contributed by atoms with Crippen molar-refractivity contribution < 1.29 is 4.79 Å². The molecule has 0 atom stereocenters. The van der Waals surface area contributed by atoms with E-state index in [2.05, 4.69) is 10.3 Å². The molecule has 0 fully saturated rings. The van der Waals surface area contributed by atoms with Gasteiger partial charge >= 0.3 is 0 Å². The molecule has 0 aliphatic carbocycles. The zero-order valence-corrected chi connectivity index (χ0v) is 11.1. The minimum Gasteiger partial charge on any atom is -0.322 e. The number of pyridine rings is 1. The first-order valence-corrected chi connectivity index (χ1v) is 6.01. The maximum Gasteiger partial charge on any atom is 0.255 e. The van der Waals surface area contributed by atoms with Crippen molar-refractivity contribution in [1.29, 1.82) is 0 Å². The average Bonchev–Trinajstić information content (AvgIpc) is 2.27. The molecule has 0 saturated carbocycles. The zero-order valence-electron chi connectivity index (χ0n) is 9.58. The Balaban J connectivity index is 2.22. The van der Waals surface area contributed by atoms with E-state index in [1.54, 1.807) is 0 Å². The van der Waals surface area contributed by atoms with Crippen LogP contribution in [-0.2, 0) is 0 Å². The summed E-state index contributed by atoms with van der Waals surface area (Å²) >= 11 is 11.5. The summed E-state index contributed by atoms with van der Waals surface area (Å²) in [6, 6.07) is 10.5. The van der Waals surface area contributed by atoms with Crippen molar-refractivity contribution in [1.82, 2.24) is 4.98 Å². The van der Waals surface area contributed by atoms with Gasteiger partial charge in [0.2, 0.25) is 0 Å². The highest BCUT2D eigenvalue weighted by molar-refractivity contribution is 6.33. The van der Waals surface area contributed by atoms with Gasteiger partial charge in [0.25, 0.3) is 5.91 Å². The maximum atomic E-state index is 12.0. The summed E-state index contributed by atoms with van der Waals surface area (Å²) in [6.07, 6.45) is 0. The lowest BCUT2D eigenvalue weighted by Gasteiger charge is -2.06. The van der Waals surface area contributed by atoms with Crippen molar-refractivity contribution in [3.8, 4) is 0 Å². The molecule has 1 aromatic carbocycles. The summed E-state index contributed by atoms with van der Waals surface area (Å²) in [4.78, 5) is 15.8. The second kappa shape index (κ2) is 5.38. The van der Waals surface area contributed by atoms with Crippen molar-refractivity contribution in [2.45, 2.75) is 6.92 Å². The lowest BCUT2D eigenvalue weighted by molar-refractivity contribution is 0.102. The molecule has 1 aromatic heterocycles. The first kappa shape index (κ1) is 12.9. The summed E-state index contributed by atoms with van der Waals surface area (Å²) in [7, 11) is 0. The summed E-state index contributed by atoms with van der Waals surface area (Å²) in [5.41, 5.74) is 2.17. The molecule has 0 aliphatic heterocycles. The molecule has 1 N–H and O–H groups in total. The number of carbonyl (C=O) groups excluding carboxylic acids is 1. The van der Waals surface area contributed by atoms with Crippen LogP contribution >= 0.6 is 23.2 Å². The van der Waals surface area contributed by atoms with Crippen molar-refractivity contribution >= 4 is 34.8 Å². The number of amides is 1. The average molecular weight is 281 g/mol. The number of aryl methyl sites for hydroxylation is 1. The Bertz CT molecular complexity index is 579. The lowest BCUT2D eigenvalue weighted by Crippen LogP contribution is -2.12. The van der Waals surface area contributed by atoms with Crippen molar-refractivity contribution in [3.05, 3.63) is 57.8 Å². The Morgan fingerprint density at radius 1 is 1.17 bits per heavy atom. The van der Waals surface area contributed by atoms with Crippen LogP contribution in [0.4, 0.5) is 5.69 Å². The van der Waals surface area contributed by atoms with Gasteiger partial charge in [0.05, 0.1) is 0 Å². The van der Waals surface area contributed by atoms with E-state index in [-0.39, 0.29) is 16.2 Å². The molecular formula is C13H10Cl2N2O. The highest BCUT2D eigenvalue weighted by Crippen LogP contribution is 2.17. The smallest absolute Gasteiger partial charge is 0.255 e. The lowest BCUT2D eigenvalue weighted by atomic mass is 10.2. The predicted molar refractivity (Wildman–Crippen MR) is 73.4 cm³/mol. The molecule has 0 spiro atoms. The molecule has 1 amide bonds. The van der Waals surface area contributed by atoms with Gasteiger partial charge in [0.1, 0.15) is 10.3 Å². The Kier molecular flexibility index (Phi) is 3.84. The van der Waals surface area contributed by atoms with Gasteiger partial charge in [0, 0.05) is 11.3 Å². The third-order valence-corrected chi connectivity index (χ3v) is 2.69. The monoisotopic (exact) mass is 280 g/mol. The van der Waals surface area contributed by atoms with Gasteiger partial charge in [-0.2, -0.15) is 0 Å².